The molecule has 4 atom stereocenters. The average Bonchev–Trinajstić information content (AvgIpc) is 2.85. The number of allylic oxidation sites excluding steroid dienone is 3. The fraction of sp³-hybridized carbons (Fsp3) is 0.700. The lowest BCUT2D eigenvalue weighted by molar-refractivity contribution is -0.131. The number of carbonyl (C=O) groups is 1. The Morgan fingerprint density at radius 3 is 2.82 bits per heavy atom. The standard InChI is InChI=1S/C20H27NO/c1-4-10-20-11-9-16-14(3)15(13(2)12-21)5-6-17(16)18(20)7-8-19(20)22/h16-18H,3-11H2,1-2H3/b15-13+/t16?,17?,18?,20-/m0/s1. The van der Waals surface area contributed by atoms with Gasteiger partial charge in [-0.25, -0.2) is 0 Å². The van der Waals surface area contributed by atoms with E-state index >= 15 is 0 Å². The predicted molar refractivity (Wildman–Crippen MR) is 88.0 cm³/mol. The van der Waals surface area contributed by atoms with E-state index in [9.17, 15) is 10.1 Å². The fourth-order valence-electron chi connectivity index (χ4n) is 5.80. The van der Waals surface area contributed by atoms with E-state index in [4.69, 9.17) is 0 Å². The Morgan fingerprint density at radius 1 is 1.36 bits per heavy atom. The number of hydrogen-bond donors (Lipinski definition) is 0. The molecule has 0 radical (unpaired) electrons. The SMILES string of the molecule is C=C1/C(=C(\C)C#N)CCC2C1CC[C@]1(CCC)C(=O)CCC21. The fourth-order valence-corrected chi connectivity index (χ4v) is 5.80. The molecule has 0 aromatic carbocycles. The summed E-state index contributed by atoms with van der Waals surface area (Å²) in [6.07, 6.45) is 8.32. The summed E-state index contributed by atoms with van der Waals surface area (Å²) in [5.74, 6) is 2.24. The van der Waals surface area contributed by atoms with Crippen LogP contribution < -0.4 is 0 Å². The molecule has 0 N–H and O–H groups in total. The van der Waals surface area contributed by atoms with Crippen LogP contribution in [0.25, 0.3) is 0 Å². The third-order valence-corrected chi connectivity index (χ3v) is 6.76. The number of Topliss-reactive ketones (excluding diaryl/α,β-unsaturated/α-hetero) is 1. The van der Waals surface area contributed by atoms with Gasteiger partial charge in [-0.1, -0.05) is 19.9 Å². The molecule has 2 nitrogen and oxygen atoms in total. The molecule has 3 fully saturated rings. The van der Waals surface area contributed by atoms with Crippen molar-refractivity contribution in [2.45, 2.75) is 65.2 Å². The topological polar surface area (TPSA) is 40.9 Å². The van der Waals surface area contributed by atoms with Crippen molar-refractivity contribution in [3.8, 4) is 6.07 Å². The van der Waals surface area contributed by atoms with Gasteiger partial charge in [0.1, 0.15) is 5.78 Å². The number of hydrogen-bond acceptors (Lipinski definition) is 2. The second kappa shape index (κ2) is 5.69. The number of nitriles is 1. The number of rotatable bonds is 2. The van der Waals surface area contributed by atoms with Gasteiger partial charge in [-0.3, -0.25) is 4.79 Å². The zero-order valence-electron chi connectivity index (χ0n) is 14.0. The van der Waals surface area contributed by atoms with Gasteiger partial charge in [0.2, 0.25) is 0 Å². The minimum Gasteiger partial charge on any atom is -0.299 e. The van der Waals surface area contributed by atoms with Crippen LogP contribution >= 0.6 is 0 Å². The van der Waals surface area contributed by atoms with Gasteiger partial charge < -0.3 is 0 Å². The van der Waals surface area contributed by atoms with Crippen LogP contribution in [0, 0.1) is 34.5 Å². The van der Waals surface area contributed by atoms with Crippen molar-refractivity contribution >= 4 is 5.78 Å². The zero-order valence-corrected chi connectivity index (χ0v) is 14.0. The Hall–Kier alpha value is -1.36. The summed E-state index contributed by atoms with van der Waals surface area (Å²) < 4.78 is 0. The van der Waals surface area contributed by atoms with Crippen molar-refractivity contribution in [2.24, 2.45) is 23.2 Å². The van der Waals surface area contributed by atoms with Crippen LogP contribution in [0.1, 0.15) is 65.2 Å². The van der Waals surface area contributed by atoms with Gasteiger partial charge in [0.25, 0.3) is 0 Å². The number of carbonyl (C=O) groups excluding carboxylic acids is 1. The quantitative estimate of drug-likeness (QED) is 0.675. The molecule has 3 saturated carbocycles. The van der Waals surface area contributed by atoms with Crippen LogP contribution in [0.4, 0.5) is 0 Å². The molecule has 0 aromatic rings. The number of fused-ring (bicyclic) bond motifs is 3. The highest BCUT2D eigenvalue weighted by atomic mass is 16.1. The smallest absolute Gasteiger partial charge is 0.139 e. The summed E-state index contributed by atoms with van der Waals surface area (Å²) in [6.45, 7) is 8.49. The summed E-state index contributed by atoms with van der Waals surface area (Å²) >= 11 is 0. The van der Waals surface area contributed by atoms with Crippen LogP contribution in [0.3, 0.4) is 0 Å². The molecule has 0 saturated heterocycles. The van der Waals surface area contributed by atoms with Gasteiger partial charge >= 0.3 is 0 Å². The first-order valence-electron chi connectivity index (χ1n) is 8.87. The highest BCUT2D eigenvalue weighted by Gasteiger charge is 2.56. The Balaban J connectivity index is 1.91. The maximum absolute atomic E-state index is 12.6. The lowest BCUT2D eigenvalue weighted by Crippen LogP contribution is -2.45. The Kier molecular flexibility index (Phi) is 4.02. The summed E-state index contributed by atoms with van der Waals surface area (Å²) in [7, 11) is 0. The molecule has 0 heterocycles. The van der Waals surface area contributed by atoms with Crippen molar-refractivity contribution in [3.63, 3.8) is 0 Å². The van der Waals surface area contributed by atoms with Crippen LogP contribution in [-0.2, 0) is 4.79 Å². The highest BCUT2D eigenvalue weighted by molar-refractivity contribution is 5.87. The maximum Gasteiger partial charge on any atom is 0.139 e. The molecule has 0 bridgehead atoms. The second-order valence-corrected chi connectivity index (χ2v) is 7.56. The third kappa shape index (κ3) is 2.09. The minimum atomic E-state index is -0.0122. The summed E-state index contributed by atoms with van der Waals surface area (Å²) in [4.78, 5) is 12.6. The van der Waals surface area contributed by atoms with E-state index in [0.29, 0.717) is 23.5 Å². The maximum atomic E-state index is 12.6. The molecule has 118 valence electrons. The molecule has 0 amide bonds. The molecule has 22 heavy (non-hydrogen) atoms. The zero-order chi connectivity index (χ0) is 15.9. The van der Waals surface area contributed by atoms with Gasteiger partial charge in [-0.15, -0.1) is 0 Å². The molecule has 3 unspecified atom stereocenters. The highest BCUT2D eigenvalue weighted by Crippen LogP contribution is 2.61. The van der Waals surface area contributed by atoms with Crippen LogP contribution in [0.2, 0.25) is 0 Å². The molecular weight excluding hydrogens is 270 g/mol. The van der Waals surface area contributed by atoms with E-state index in [1.807, 2.05) is 6.92 Å². The number of ketones is 1. The van der Waals surface area contributed by atoms with Gasteiger partial charge in [-0.2, -0.15) is 5.26 Å². The summed E-state index contributed by atoms with van der Waals surface area (Å²) in [6, 6.07) is 2.31. The summed E-state index contributed by atoms with van der Waals surface area (Å²) in [5, 5.41) is 9.20. The van der Waals surface area contributed by atoms with Crippen molar-refractivity contribution in [2.75, 3.05) is 0 Å². The lowest BCUT2D eigenvalue weighted by Gasteiger charge is -2.50. The van der Waals surface area contributed by atoms with Crippen LogP contribution in [-0.4, -0.2) is 5.78 Å². The first-order chi connectivity index (χ1) is 10.5. The number of nitrogens with zero attached hydrogens (tertiary/aromatic N) is 1. The third-order valence-electron chi connectivity index (χ3n) is 6.76. The normalized spacial score (nSPS) is 40.0. The van der Waals surface area contributed by atoms with Gasteiger partial charge in [0.05, 0.1) is 6.07 Å². The summed E-state index contributed by atoms with van der Waals surface area (Å²) in [5.41, 5.74) is 3.24. The van der Waals surface area contributed by atoms with Gasteiger partial charge in [-0.05, 0) is 74.3 Å². The predicted octanol–water partition coefficient (Wildman–Crippen LogP) is 4.97. The molecule has 2 heteroatoms. The Bertz CT molecular complexity index is 579. The van der Waals surface area contributed by atoms with Gasteiger partial charge in [0, 0.05) is 17.4 Å². The Labute approximate surface area is 134 Å². The molecule has 3 rings (SSSR count). The van der Waals surface area contributed by atoms with Gasteiger partial charge in [0.15, 0.2) is 0 Å². The van der Waals surface area contributed by atoms with Crippen LogP contribution in [0.5, 0.6) is 0 Å². The van der Waals surface area contributed by atoms with E-state index in [0.717, 1.165) is 56.9 Å². The average molecular weight is 297 g/mol. The van der Waals surface area contributed by atoms with Crippen molar-refractivity contribution in [1.29, 1.82) is 5.26 Å². The molecule has 0 spiro atoms. The minimum absolute atomic E-state index is 0.0122. The van der Waals surface area contributed by atoms with E-state index in [-0.39, 0.29) is 5.41 Å². The Morgan fingerprint density at radius 2 is 2.14 bits per heavy atom. The molecule has 3 aliphatic rings. The van der Waals surface area contributed by atoms with E-state index < -0.39 is 0 Å². The molecular formula is C20H27NO. The second-order valence-electron chi connectivity index (χ2n) is 7.56. The first-order valence-corrected chi connectivity index (χ1v) is 8.87. The van der Waals surface area contributed by atoms with Crippen molar-refractivity contribution in [1.82, 2.24) is 0 Å². The molecule has 3 aliphatic carbocycles. The largest absolute Gasteiger partial charge is 0.299 e. The lowest BCUT2D eigenvalue weighted by atomic mass is 9.53. The van der Waals surface area contributed by atoms with E-state index in [1.54, 1.807) is 0 Å². The van der Waals surface area contributed by atoms with Crippen molar-refractivity contribution in [3.05, 3.63) is 23.3 Å². The van der Waals surface area contributed by atoms with E-state index in [2.05, 4.69) is 19.6 Å². The monoisotopic (exact) mass is 297 g/mol. The van der Waals surface area contributed by atoms with Crippen LogP contribution in [0.15, 0.2) is 23.3 Å². The first kappa shape index (κ1) is 15.5. The van der Waals surface area contributed by atoms with E-state index in [1.165, 1.54) is 11.1 Å². The van der Waals surface area contributed by atoms with Crippen molar-refractivity contribution < 1.29 is 4.79 Å². The molecule has 0 aliphatic heterocycles. The molecule has 0 aromatic heterocycles.